The lowest BCUT2D eigenvalue weighted by Crippen LogP contribution is -2.08. The smallest absolute Gasteiger partial charge is 0.144 e. The molecule has 0 saturated carbocycles. The Morgan fingerprint density at radius 2 is 2.25 bits per heavy atom. The lowest BCUT2D eigenvalue weighted by molar-refractivity contribution is 0.621. The van der Waals surface area contributed by atoms with Crippen molar-refractivity contribution in [1.29, 1.82) is 0 Å². The summed E-state index contributed by atoms with van der Waals surface area (Å²) in [6.45, 7) is 2.05. The molecule has 104 valence electrons. The van der Waals surface area contributed by atoms with Gasteiger partial charge in [0.2, 0.25) is 0 Å². The third kappa shape index (κ3) is 2.22. The third-order valence-electron chi connectivity index (χ3n) is 3.27. The van der Waals surface area contributed by atoms with Gasteiger partial charge >= 0.3 is 0 Å². The number of hydrogen-bond donors (Lipinski definition) is 0. The summed E-state index contributed by atoms with van der Waals surface area (Å²) in [7, 11) is 0. The van der Waals surface area contributed by atoms with Gasteiger partial charge in [0.25, 0.3) is 0 Å². The molecule has 0 aliphatic rings. The molecule has 0 spiro atoms. The molecule has 1 aromatic carbocycles. The molecule has 20 heavy (non-hydrogen) atoms. The average molecular weight is 329 g/mol. The molecule has 3 rings (SSSR count). The van der Waals surface area contributed by atoms with Gasteiger partial charge in [-0.3, -0.25) is 0 Å². The van der Waals surface area contributed by atoms with Crippen LogP contribution >= 0.6 is 34.5 Å². The molecule has 0 aliphatic heterocycles. The zero-order chi connectivity index (χ0) is 14.3. The SMILES string of the molecule is CC(c1cccs1)n1c(CCl)nc2cc(Cl)c(F)cc21. The Morgan fingerprint density at radius 3 is 2.90 bits per heavy atom. The van der Waals surface area contributed by atoms with Crippen LogP contribution in [-0.4, -0.2) is 9.55 Å². The molecule has 0 bridgehead atoms. The van der Waals surface area contributed by atoms with E-state index < -0.39 is 5.82 Å². The molecule has 2 heterocycles. The van der Waals surface area contributed by atoms with E-state index in [9.17, 15) is 4.39 Å². The van der Waals surface area contributed by atoms with Gasteiger partial charge in [0.05, 0.1) is 28.0 Å². The van der Waals surface area contributed by atoms with Crippen molar-refractivity contribution in [3.8, 4) is 0 Å². The van der Waals surface area contributed by atoms with Crippen LogP contribution in [0.5, 0.6) is 0 Å². The van der Waals surface area contributed by atoms with Gasteiger partial charge < -0.3 is 4.57 Å². The summed E-state index contributed by atoms with van der Waals surface area (Å²) in [6, 6.07) is 7.05. The first-order valence-electron chi connectivity index (χ1n) is 6.07. The number of imidazole rings is 1. The highest BCUT2D eigenvalue weighted by Gasteiger charge is 2.19. The largest absolute Gasteiger partial charge is 0.319 e. The fraction of sp³-hybridized carbons (Fsp3) is 0.214. The summed E-state index contributed by atoms with van der Waals surface area (Å²) in [5, 5.41) is 2.09. The molecule has 6 heteroatoms. The first-order chi connectivity index (χ1) is 9.61. The predicted octanol–water partition coefficient (Wildman–Crippen LogP) is 5.24. The predicted molar refractivity (Wildman–Crippen MR) is 82.4 cm³/mol. The molecule has 0 aliphatic carbocycles. The lowest BCUT2D eigenvalue weighted by atomic mass is 10.2. The maximum absolute atomic E-state index is 13.7. The van der Waals surface area contributed by atoms with Crippen molar-refractivity contribution in [3.63, 3.8) is 0 Å². The van der Waals surface area contributed by atoms with E-state index in [0.29, 0.717) is 16.9 Å². The molecule has 1 unspecified atom stereocenters. The molecular formula is C14H11Cl2FN2S. The maximum Gasteiger partial charge on any atom is 0.144 e. The van der Waals surface area contributed by atoms with E-state index in [2.05, 4.69) is 11.9 Å². The molecule has 0 fully saturated rings. The molecule has 0 radical (unpaired) electrons. The van der Waals surface area contributed by atoms with Gasteiger partial charge in [-0.15, -0.1) is 22.9 Å². The molecule has 0 amide bonds. The van der Waals surface area contributed by atoms with E-state index in [0.717, 1.165) is 0 Å². The molecule has 2 nitrogen and oxygen atoms in total. The molecular weight excluding hydrogens is 318 g/mol. The molecule has 2 aromatic heterocycles. The first-order valence-corrected chi connectivity index (χ1v) is 7.86. The van der Waals surface area contributed by atoms with E-state index in [1.807, 2.05) is 22.1 Å². The Kier molecular flexibility index (Phi) is 3.71. The van der Waals surface area contributed by atoms with Gasteiger partial charge in [0, 0.05) is 10.9 Å². The quantitative estimate of drug-likeness (QED) is 0.601. The Balaban J connectivity index is 2.25. The van der Waals surface area contributed by atoms with Crippen molar-refractivity contribution in [1.82, 2.24) is 9.55 Å². The van der Waals surface area contributed by atoms with Crippen molar-refractivity contribution in [2.75, 3.05) is 0 Å². The van der Waals surface area contributed by atoms with Crippen LogP contribution in [0.3, 0.4) is 0 Å². The Hall–Kier alpha value is -1.10. The van der Waals surface area contributed by atoms with Gasteiger partial charge in [-0.05, 0) is 24.4 Å². The van der Waals surface area contributed by atoms with Crippen molar-refractivity contribution in [3.05, 3.63) is 51.2 Å². The Morgan fingerprint density at radius 1 is 1.45 bits per heavy atom. The van der Waals surface area contributed by atoms with Gasteiger partial charge in [0.15, 0.2) is 0 Å². The number of halogens is 3. The number of thiophene rings is 1. The summed E-state index contributed by atoms with van der Waals surface area (Å²) >= 11 is 13.5. The minimum atomic E-state index is -0.445. The highest BCUT2D eigenvalue weighted by molar-refractivity contribution is 7.10. The van der Waals surface area contributed by atoms with Crippen LogP contribution in [0.4, 0.5) is 4.39 Å². The second-order valence-electron chi connectivity index (χ2n) is 4.48. The van der Waals surface area contributed by atoms with E-state index in [1.165, 1.54) is 10.9 Å². The Bertz CT molecular complexity index is 752. The van der Waals surface area contributed by atoms with Crippen LogP contribution in [0.1, 0.15) is 23.7 Å². The van der Waals surface area contributed by atoms with Gasteiger partial charge in [-0.1, -0.05) is 17.7 Å². The zero-order valence-electron chi connectivity index (χ0n) is 10.6. The topological polar surface area (TPSA) is 17.8 Å². The Labute approximate surface area is 129 Å². The molecule has 0 N–H and O–H groups in total. The lowest BCUT2D eigenvalue weighted by Gasteiger charge is -2.15. The number of nitrogens with zero attached hydrogens (tertiary/aromatic N) is 2. The highest BCUT2D eigenvalue weighted by atomic mass is 35.5. The highest BCUT2D eigenvalue weighted by Crippen LogP contribution is 2.31. The standard InChI is InChI=1S/C14H11Cl2FN2S/c1-8(13-3-2-4-20-13)19-12-6-10(17)9(16)5-11(12)18-14(19)7-15/h2-6,8H,7H2,1H3. The number of alkyl halides is 1. The van der Waals surface area contributed by atoms with E-state index in [-0.39, 0.29) is 16.9 Å². The summed E-state index contributed by atoms with van der Waals surface area (Å²) in [4.78, 5) is 5.62. The molecule has 1 atom stereocenters. The van der Waals surface area contributed by atoms with E-state index >= 15 is 0 Å². The van der Waals surface area contributed by atoms with Crippen LogP contribution in [-0.2, 0) is 5.88 Å². The number of benzene rings is 1. The molecule has 0 saturated heterocycles. The van der Waals surface area contributed by atoms with E-state index in [4.69, 9.17) is 23.2 Å². The van der Waals surface area contributed by atoms with Crippen LogP contribution < -0.4 is 0 Å². The maximum atomic E-state index is 13.7. The number of hydrogen-bond acceptors (Lipinski definition) is 2. The average Bonchev–Trinajstić information content (AvgIpc) is 3.06. The summed E-state index contributed by atoms with van der Waals surface area (Å²) < 4.78 is 15.7. The number of aromatic nitrogens is 2. The van der Waals surface area contributed by atoms with Crippen LogP contribution in [0, 0.1) is 5.82 Å². The summed E-state index contributed by atoms with van der Waals surface area (Å²) in [6.07, 6.45) is 0. The van der Waals surface area contributed by atoms with Crippen molar-refractivity contribution >= 4 is 45.6 Å². The number of rotatable bonds is 3. The second-order valence-corrected chi connectivity index (χ2v) is 6.13. The van der Waals surface area contributed by atoms with Crippen molar-refractivity contribution in [2.24, 2.45) is 0 Å². The van der Waals surface area contributed by atoms with Crippen LogP contribution in [0.15, 0.2) is 29.6 Å². The van der Waals surface area contributed by atoms with Gasteiger partial charge in [-0.2, -0.15) is 0 Å². The minimum absolute atomic E-state index is 0.0503. The monoisotopic (exact) mass is 328 g/mol. The second kappa shape index (κ2) is 5.35. The summed E-state index contributed by atoms with van der Waals surface area (Å²) in [5.74, 6) is 0.535. The van der Waals surface area contributed by atoms with Crippen LogP contribution in [0.25, 0.3) is 11.0 Å². The number of fused-ring (bicyclic) bond motifs is 1. The van der Waals surface area contributed by atoms with Crippen LogP contribution in [0.2, 0.25) is 5.02 Å². The minimum Gasteiger partial charge on any atom is -0.319 e. The molecule has 3 aromatic rings. The fourth-order valence-electron chi connectivity index (χ4n) is 2.32. The van der Waals surface area contributed by atoms with Crippen molar-refractivity contribution < 1.29 is 4.39 Å². The fourth-order valence-corrected chi connectivity index (χ4v) is 3.44. The van der Waals surface area contributed by atoms with Crippen molar-refractivity contribution in [2.45, 2.75) is 18.8 Å². The van der Waals surface area contributed by atoms with Gasteiger partial charge in [-0.25, -0.2) is 9.37 Å². The van der Waals surface area contributed by atoms with Gasteiger partial charge in [0.1, 0.15) is 11.6 Å². The normalized spacial score (nSPS) is 13.0. The van der Waals surface area contributed by atoms with E-state index in [1.54, 1.807) is 17.4 Å². The first kappa shape index (κ1) is 13.9. The zero-order valence-corrected chi connectivity index (χ0v) is 12.9. The third-order valence-corrected chi connectivity index (χ3v) is 4.84. The summed E-state index contributed by atoms with van der Waals surface area (Å²) in [5.41, 5.74) is 1.37.